The van der Waals surface area contributed by atoms with Gasteiger partial charge in [-0.15, -0.1) is 11.3 Å². The minimum atomic E-state index is -0.307. The number of ether oxygens (including phenoxy) is 1. The van der Waals surface area contributed by atoms with Crippen molar-refractivity contribution < 1.29 is 9.53 Å². The smallest absolute Gasteiger partial charge is 0.348 e. The normalized spacial score (nSPS) is 11.0. The molecule has 3 rings (SSSR count). The van der Waals surface area contributed by atoms with Gasteiger partial charge in [0.2, 0.25) is 0 Å². The number of rotatable bonds is 5. The van der Waals surface area contributed by atoms with E-state index in [2.05, 4.69) is 15.1 Å². The lowest BCUT2D eigenvalue weighted by Gasteiger charge is -2.18. The maximum absolute atomic E-state index is 12.1. The molecule has 0 aliphatic rings. The van der Waals surface area contributed by atoms with Crippen LogP contribution in [0.2, 0.25) is 0 Å². The first kappa shape index (κ1) is 16.4. The number of anilines is 1. The second-order valence-electron chi connectivity index (χ2n) is 5.53. The Morgan fingerprint density at radius 1 is 1.42 bits per heavy atom. The van der Waals surface area contributed by atoms with Gasteiger partial charge in [-0.1, -0.05) is 0 Å². The molecule has 0 saturated heterocycles. The van der Waals surface area contributed by atoms with Crippen LogP contribution in [0.4, 0.5) is 5.82 Å². The molecule has 126 valence electrons. The average Bonchev–Trinajstić information content (AvgIpc) is 3.11. The summed E-state index contributed by atoms with van der Waals surface area (Å²) in [5, 5.41) is 5.09. The lowest BCUT2D eigenvalue weighted by Crippen LogP contribution is -2.18. The topological polar surface area (TPSA) is 73.1 Å². The molecule has 0 unspecified atom stereocenters. The van der Waals surface area contributed by atoms with Crippen molar-refractivity contribution in [1.29, 1.82) is 0 Å². The monoisotopic (exact) mass is 345 g/mol. The predicted octanol–water partition coefficient (Wildman–Crippen LogP) is 2.55. The number of hydrogen-bond acceptors (Lipinski definition) is 7. The van der Waals surface area contributed by atoms with E-state index in [0.717, 1.165) is 27.2 Å². The van der Waals surface area contributed by atoms with Crippen LogP contribution in [-0.2, 0) is 18.3 Å². The first-order valence-corrected chi connectivity index (χ1v) is 8.42. The summed E-state index contributed by atoms with van der Waals surface area (Å²) in [6.07, 6.45) is 5.33. The van der Waals surface area contributed by atoms with E-state index in [1.54, 1.807) is 11.6 Å². The van der Waals surface area contributed by atoms with Gasteiger partial charge in [0, 0.05) is 32.4 Å². The van der Waals surface area contributed by atoms with E-state index >= 15 is 0 Å². The SMILES string of the molecule is CCOC(=O)c1sc2ncnc(N(C)Cc3cnn(C)c3)c2c1C. The third-order valence-corrected chi connectivity index (χ3v) is 4.89. The highest BCUT2D eigenvalue weighted by molar-refractivity contribution is 7.20. The van der Waals surface area contributed by atoms with Gasteiger partial charge in [-0.05, 0) is 19.4 Å². The molecule has 0 aliphatic carbocycles. The Bertz CT molecular complexity index is 886. The Morgan fingerprint density at radius 3 is 2.88 bits per heavy atom. The van der Waals surface area contributed by atoms with E-state index in [9.17, 15) is 4.79 Å². The quantitative estimate of drug-likeness (QED) is 0.662. The van der Waals surface area contributed by atoms with Crippen molar-refractivity contribution in [3.05, 3.63) is 34.7 Å². The molecule has 0 N–H and O–H groups in total. The molecule has 7 nitrogen and oxygen atoms in total. The van der Waals surface area contributed by atoms with Gasteiger partial charge in [-0.3, -0.25) is 4.68 Å². The van der Waals surface area contributed by atoms with Crippen molar-refractivity contribution in [3.63, 3.8) is 0 Å². The summed E-state index contributed by atoms with van der Waals surface area (Å²) in [6, 6.07) is 0. The number of aromatic nitrogens is 4. The van der Waals surface area contributed by atoms with Gasteiger partial charge in [-0.25, -0.2) is 14.8 Å². The van der Waals surface area contributed by atoms with Crippen LogP contribution in [0.1, 0.15) is 27.7 Å². The molecule has 0 spiro atoms. The first-order valence-electron chi connectivity index (χ1n) is 7.61. The summed E-state index contributed by atoms with van der Waals surface area (Å²) in [6.45, 7) is 4.74. The fraction of sp³-hybridized carbons (Fsp3) is 0.375. The molecule has 0 aromatic carbocycles. The second kappa shape index (κ2) is 6.56. The molecule has 3 heterocycles. The summed E-state index contributed by atoms with van der Waals surface area (Å²) >= 11 is 1.35. The number of hydrogen-bond donors (Lipinski definition) is 0. The van der Waals surface area contributed by atoms with Gasteiger partial charge < -0.3 is 9.64 Å². The largest absolute Gasteiger partial charge is 0.462 e. The molecule has 0 amide bonds. The molecule has 0 atom stereocenters. The Balaban J connectivity index is 2.00. The highest BCUT2D eigenvalue weighted by Gasteiger charge is 2.21. The van der Waals surface area contributed by atoms with Crippen molar-refractivity contribution in [2.24, 2.45) is 7.05 Å². The van der Waals surface area contributed by atoms with Crippen molar-refractivity contribution in [2.75, 3.05) is 18.6 Å². The lowest BCUT2D eigenvalue weighted by atomic mass is 10.2. The van der Waals surface area contributed by atoms with Crippen LogP contribution in [-0.4, -0.2) is 39.4 Å². The van der Waals surface area contributed by atoms with Crippen molar-refractivity contribution in [3.8, 4) is 0 Å². The van der Waals surface area contributed by atoms with E-state index in [1.165, 1.54) is 17.7 Å². The summed E-state index contributed by atoms with van der Waals surface area (Å²) < 4.78 is 6.91. The number of carbonyl (C=O) groups excluding carboxylic acids is 1. The molecule has 3 aromatic heterocycles. The highest BCUT2D eigenvalue weighted by atomic mass is 32.1. The van der Waals surface area contributed by atoms with E-state index in [4.69, 9.17) is 4.74 Å². The number of esters is 1. The summed E-state index contributed by atoms with van der Waals surface area (Å²) in [4.78, 5) is 24.3. The van der Waals surface area contributed by atoms with Crippen LogP contribution in [0.3, 0.4) is 0 Å². The zero-order chi connectivity index (χ0) is 17.3. The molecule has 8 heteroatoms. The van der Waals surface area contributed by atoms with Crippen molar-refractivity contribution in [2.45, 2.75) is 20.4 Å². The van der Waals surface area contributed by atoms with Crippen LogP contribution in [0.25, 0.3) is 10.2 Å². The summed E-state index contributed by atoms with van der Waals surface area (Å²) in [7, 11) is 3.86. The molecule has 3 aromatic rings. The fourth-order valence-electron chi connectivity index (χ4n) is 2.64. The zero-order valence-corrected chi connectivity index (χ0v) is 14.9. The van der Waals surface area contributed by atoms with Crippen molar-refractivity contribution in [1.82, 2.24) is 19.7 Å². The van der Waals surface area contributed by atoms with Crippen LogP contribution < -0.4 is 4.90 Å². The number of fused-ring (bicyclic) bond motifs is 1. The first-order chi connectivity index (χ1) is 11.5. The van der Waals surface area contributed by atoms with Gasteiger partial charge in [0.15, 0.2) is 0 Å². The van der Waals surface area contributed by atoms with Gasteiger partial charge >= 0.3 is 5.97 Å². The van der Waals surface area contributed by atoms with Crippen LogP contribution >= 0.6 is 11.3 Å². The lowest BCUT2D eigenvalue weighted by molar-refractivity contribution is 0.0531. The van der Waals surface area contributed by atoms with Gasteiger partial charge in [0.1, 0.15) is 21.9 Å². The number of carbonyl (C=O) groups is 1. The highest BCUT2D eigenvalue weighted by Crippen LogP contribution is 2.35. The van der Waals surface area contributed by atoms with Crippen LogP contribution in [0.15, 0.2) is 18.7 Å². The zero-order valence-electron chi connectivity index (χ0n) is 14.1. The molecule has 0 fully saturated rings. The molecule has 0 saturated carbocycles. The van der Waals surface area contributed by atoms with E-state index in [-0.39, 0.29) is 5.97 Å². The molecule has 0 bridgehead atoms. The van der Waals surface area contributed by atoms with Gasteiger partial charge in [0.05, 0.1) is 18.2 Å². The number of aryl methyl sites for hydroxylation is 2. The van der Waals surface area contributed by atoms with Crippen molar-refractivity contribution >= 4 is 33.3 Å². The standard InChI is InChI=1S/C16H19N5O2S/c1-5-23-16(22)13-10(2)12-14(17-9-18-15(12)24-13)20(3)7-11-6-19-21(4)8-11/h6,8-9H,5,7H2,1-4H3. The van der Waals surface area contributed by atoms with Gasteiger partial charge in [0.25, 0.3) is 0 Å². The molecular formula is C16H19N5O2S. The maximum atomic E-state index is 12.1. The molecule has 0 radical (unpaired) electrons. The van der Waals surface area contributed by atoms with E-state index < -0.39 is 0 Å². The van der Waals surface area contributed by atoms with Crippen LogP contribution in [0, 0.1) is 6.92 Å². The third-order valence-electron chi connectivity index (χ3n) is 3.71. The second-order valence-corrected chi connectivity index (χ2v) is 6.53. The molecule has 24 heavy (non-hydrogen) atoms. The Morgan fingerprint density at radius 2 is 2.21 bits per heavy atom. The minimum absolute atomic E-state index is 0.307. The minimum Gasteiger partial charge on any atom is -0.462 e. The maximum Gasteiger partial charge on any atom is 0.348 e. The molecular weight excluding hydrogens is 326 g/mol. The number of thiophene rings is 1. The average molecular weight is 345 g/mol. The van der Waals surface area contributed by atoms with E-state index in [0.29, 0.717) is 18.0 Å². The summed E-state index contributed by atoms with van der Waals surface area (Å²) in [5.74, 6) is 0.493. The Labute approximate surface area is 143 Å². The van der Waals surface area contributed by atoms with Gasteiger partial charge in [-0.2, -0.15) is 5.10 Å². The number of nitrogens with zero attached hydrogens (tertiary/aromatic N) is 5. The van der Waals surface area contributed by atoms with E-state index in [1.807, 2.05) is 38.3 Å². The summed E-state index contributed by atoms with van der Waals surface area (Å²) in [5.41, 5.74) is 1.95. The third kappa shape index (κ3) is 2.96. The Kier molecular flexibility index (Phi) is 4.48. The fourth-order valence-corrected chi connectivity index (χ4v) is 3.67. The van der Waals surface area contributed by atoms with Crippen LogP contribution in [0.5, 0.6) is 0 Å². The Hall–Kier alpha value is -2.48. The molecule has 0 aliphatic heterocycles. The predicted molar refractivity (Wildman–Crippen MR) is 93.4 cm³/mol.